The van der Waals surface area contributed by atoms with E-state index in [1.807, 2.05) is 78.9 Å². The van der Waals surface area contributed by atoms with Crippen molar-refractivity contribution in [1.82, 2.24) is 9.47 Å². The standard InChI is InChI=1S/C24H24N4O3/c1-16-17(2)28(19-7-5-4-6-8-19)24(20(16)12-25)26-23(29)14-27(3)13-18-9-10-21-22(11-18)31-15-30-21/h4-11H,13-15H2,1-3H3,(H,26,29). The molecule has 0 fully saturated rings. The van der Waals surface area contributed by atoms with E-state index in [2.05, 4.69) is 11.4 Å². The number of benzene rings is 2. The molecule has 4 rings (SSSR count). The first kappa shape index (κ1) is 20.5. The highest BCUT2D eigenvalue weighted by atomic mass is 16.7. The number of carbonyl (C=O) groups excluding carboxylic acids is 1. The number of amides is 1. The van der Waals surface area contributed by atoms with Crippen LogP contribution in [0.4, 0.5) is 5.82 Å². The number of likely N-dealkylation sites (N-methyl/N-ethyl adjacent to an activating group) is 1. The van der Waals surface area contributed by atoms with Gasteiger partial charge in [-0.1, -0.05) is 24.3 Å². The Balaban J connectivity index is 1.51. The number of rotatable bonds is 6. The third kappa shape index (κ3) is 4.11. The zero-order chi connectivity index (χ0) is 22.0. The molecule has 0 bridgehead atoms. The second kappa shape index (κ2) is 8.54. The van der Waals surface area contributed by atoms with Gasteiger partial charge in [-0.3, -0.25) is 14.3 Å². The molecule has 1 aromatic heterocycles. The summed E-state index contributed by atoms with van der Waals surface area (Å²) in [7, 11) is 1.88. The van der Waals surface area contributed by atoms with Gasteiger partial charge in [0.25, 0.3) is 0 Å². The first-order valence-electron chi connectivity index (χ1n) is 10.0. The minimum atomic E-state index is -0.186. The Morgan fingerprint density at radius 1 is 1.16 bits per heavy atom. The van der Waals surface area contributed by atoms with Gasteiger partial charge in [0.2, 0.25) is 12.7 Å². The second-order valence-electron chi connectivity index (χ2n) is 7.62. The highest BCUT2D eigenvalue weighted by molar-refractivity contribution is 5.93. The fourth-order valence-electron chi connectivity index (χ4n) is 3.78. The minimum Gasteiger partial charge on any atom is -0.454 e. The number of hydrogen-bond acceptors (Lipinski definition) is 5. The van der Waals surface area contributed by atoms with E-state index in [0.29, 0.717) is 17.9 Å². The van der Waals surface area contributed by atoms with Crippen molar-refractivity contribution in [2.75, 3.05) is 25.7 Å². The maximum absolute atomic E-state index is 12.9. The summed E-state index contributed by atoms with van der Waals surface area (Å²) in [4.78, 5) is 14.8. The molecule has 0 aliphatic carbocycles. The summed E-state index contributed by atoms with van der Waals surface area (Å²) in [5.74, 6) is 1.78. The lowest BCUT2D eigenvalue weighted by molar-refractivity contribution is -0.117. The van der Waals surface area contributed by atoms with Gasteiger partial charge in [-0.05, 0) is 56.3 Å². The number of nitriles is 1. The number of anilines is 1. The molecule has 31 heavy (non-hydrogen) atoms. The monoisotopic (exact) mass is 416 g/mol. The van der Waals surface area contributed by atoms with Crippen molar-refractivity contribution < 1.29 is 14.3 Å². The highest BCUT2D eigenvalue weighted by Crippen LogP contribution is 2.33. The van der Waals surface area contributed by atoms with E-state index in [1.165, 1.54) is 0 Å². The van der Waals surface area contributed by atoms with Crippen LogP contribution in [0.5, 0.6) is 11.5 Å². The molecule has 2 heterocycles. The fraction of sp³-hybridized carbons (Fsp3) is 0.250. The van der Waals surface area contributed by atoms with Crippen molar-refractivity contribution in [1.29, 1.82) is 5.26 Å². The number of para-hydroxylation sites is 1. The van der Waals surface area contributed by atoms with Crippen LogP contribution in [-0.2, 0) is 11.3 Å². The Morgan fingerprint density at radius 2 is 1.90 bits per heavy atom. The van der Waals surface area contributed by atoms with Crippen molar-refractivity contribution in [2.45, 2.75) is 20.4 Å². The molecule has 0 atom stereocenters. The topological polar surface area (TPSA) is 79.5 Å². The summed E-state index contributed by atoms with van der Waals surface area (Å²) in [6.07, 6.45) is 0. The predicted octanol–water partition coefficient (Wildman–Crippen LogP) is 3.77. The molecule has 1 N–H and O–H groups in total. The smallest absolute Gasteiger partial charge is 0.239 e. The zero-order valence-corrected chi connectivity index (χ0v) is 17.8. The summed E-state index contributed by atoms with van der Waals surface area (Å²) < 4.78 is 12.7. The number of hydrogen-bond donors (Lipinski definition) is 1. The lowest BCUT2D eigenvalue weighted by Crippen LogP contribution is -2.30. The molecule has 1 aliphatic rings. The van der Waals surface area contributed by atoms with Crippen LogP contribution in [0.15, 0.2) is 48.5 Å². The van der Waals surface area contributed by atoms with Gasteiger partial charge in [-0.2, -0.15) is 5.26 Å². The van der Waals surface area contributed by atoms with Crippen LogP contribution in [0, 0.1) is 25.2 Å². The lowest BCUT2D eigenvalue weighted by Gasteiger charge is -2.18. The molecule has 0 unspecified atom stereocenters. The van der Waals surface area contributed by atoms with Gasteiger partial charge in [-0.15, -0.1) is 0 Å². The van der Waals surface area contributed by atoms with Crippen LogP contribution >= 0.6 is 0 Å². The van der Waals surface area contributed by atoms with Crippen molar-refractivity contribution in [2.24, 2.45) is 0 Å². The Morgan fingerprint density at radius 3 is 2.65 bits per heavy atom. The van der Waals surface area contributed by atoms with Gasteiger partial charge >= 0.3 is 0 Å². The van der Waals surface area contributed by atoms with E-state index in [-0.39, 0.29) is 19.2 Å². The van der Waals surface area contributed by atoms with Gasteiger partial charge in [-0.25, -0.2) is 0 Å². The Kier molecular flexibility index (Phi) is 5.65. The van der Waals surface area contributed by atoms with Gasteiger partial charge in [0, 0.05) is 17.9 Å². The normalized spacial score (nSPS) is 12.1. The molecule has 0 saturated heterocycles. The third-order valence-electron chi connectivity index (χ3n) is 5.40. The molecule has 7 heteroatoms. The van der Waals surface area contributed by atoms with Gasteiger partial charge < -0.3 is 14.8 Å². The number of carbonyl (C=O) groups is 1. The number of aromatic nitrogens is 1. The average Bonchev–Trinajstić information content (AvgIpc) is 3.30. The molecule has 1 aliphatic heterocycles. The largest absolute Gasteiger partial charge is 0.454 e. The van der Waals surface area contributed by atoms with Crippen molar-refractivity contribution in [3.63, 3.8) is 0 Å². The maximum Gasteiger partial charge on any atom is 0.239 e. The average molecular weight is 416 g/mol. The Bertz CT molecular complexity index is 1160. The first-order valence-corrected chi connectivity index (χ1v) is 10.0. The molecule has 0 radical (unpaired) electrons. The van der Waals surface area contributed by atoms with E-state index in [1.54, 1.807) is 0 Å². The molecule has 0 saturated carbocycles. The second-order valence-corrected chi connectivity index (χ2v) is 7.62. The SMILES string of the molecule is Cc1c(C#N)c(NC(=O)CN(C)Cc2ccc3c(c2)OCO3)n(-c2ccccc2)c1C. The van der Waals surface area contributed by atoms with Crippen LogP contribution in [0.3, 0.4) is 0 Å². The number of fused-ring (bicyclic) bond motifs is 1. The first-order chi connectivity index (χ1) is 15.0. The van der Waals surface area contributed by atoms with Crippen LogP contribution in [0.2, 0.25) is 0 Å². The zero-order valence-electron chi connectivity index (χ0n) is 17.8. The molecule has 0 spiro atoms. The van der Waals surface area contributed by atoms with Gasteiger partial charge in [0.05, 0.1) is 12.1 Å². The Hall–Kier alpha value is -3.76. The fourth-order valence-corrected chi connectivity index (χ4v) is 3.78. The van der Waals surface area contributed by atoms with Gasteiger partial charge in [0.15, 0.2) is 11.5 Å². The summed E-state index contributed by atoms with van der Waals surface area (Å²) >= 11 is 0. The maximum atomic E-state index is 12.9. The summed E-state index contributed by atoms with van der Waals surface area (Å²) in [5.41, 5.74) is 4.18. The molecule has 158 valence electrons. The van der Waals surface area contributed by atoms with E-state index >= 15 is 0 Å². The number of ether oxygens (including phenoxy) is 2. The van der Waals surface area contributed by atoms with E-state index in [4.69, 9.17) is 9.47 Å². The quantitative estimate of drug-likeness (QED) is 0.662. The van der Waals surface area contributed by atoms with Crippen molar-refractivity contribution >= 4 is 11.7 Å². The van der Waals surface area contributed by atoms with Crippen molar-refractivity contribution in [3.8, 4) is 23.3 Å². The van der Waals surface area contributed by atoms with E-state index in [9.17, 15) is 10.1 Å². The lowest BCUT2D eigenvalue weighted by atomic mass is 10.2. The molecule has 2 aromatic carbocycles. The highest BCUT2D eigenvalue weighted by Gasteiger charge is 2.21. The Labute approximate surface area is 181 Å². The summed E-state index contributed by atoms with van der Waals surface area (Å²) in [6.45, 7) is 4.84. The van der Waals surface area contributed by atoms with Gasteiger partial charge in [0.1, 0.15) is 11.9 Å². The van der Waals surface area contributed by atoms with Crippen LogP contribution in [-0.4, -0.2) is 35.8 Å². The molecular formula is C24H24N4O3. The van der Waals surface area contributed by atoms with Crippen molar-refractivity contribution in [3.05, 3.63) is 70.9 Å². The summed E-state index contributed by atoms with van der Waals surface area (Å²) in [6, 6.07) is 17.7. The third-order valence-corrected chi connectivity index (χ3v) is 5.40. The van der Waals surface area contributed by atoms with E-state index in [0.717, 1.165) is 34.0 Å². The molecular weight excluding hydrogens is 392 g/mol. The van der Waals surface area contributed by atoms with Crippen LogP contribution in [0.25, 0.3) is 5.69 Å². The number of nitrogens with one attached hydrogen (secondary N) is 1. The van der Waals surface area contributed by atoms with E-state index < -0.39 is 0 Å². The molecule has 7 nitrogen and oxygen atoms in total. The summed E-state index contributed by atoms with van der Waals surface area (Å²) in [5, 5.41) is 12.7. The van der Waals surface area contributed by atoms with Crippen LogP contribution < -0.4 is 14.8 Å². The number of nitrogens with zero attached hydrogens (tertiary/aromatic N) is 3. The molecule has 1 amide bonds. The molecule has 3 aromatic rings. The predicted molar refractivity (Wildman–Crippen MR) is 117 cm³/mol. The van der Waals surface area contributed by atoms with Crippen LogP contribution in [0.1, 0.15) is 22.4 Å². The minimum absolute atomic E-state index is 0.178.